The molecule has 23 heavy (non-hydrogen) atoms. The van der Waals surface area contributed by atoms with E-state index in [2.05, 4.69) is 15.1 Å². The van der Waals surface area contributed by atoms with Crippen LogP contribution in [0.25, 0.3) is 0 Å². The van der Waals surface area contributed by atoms with Crippen LogP contribution in [-0.2, 0) is 6.54 Å². The molecule has 0 radical (unpaired) electrons. The Bertz CT molecular complexity index is 633. The molecule has 0 amide bonds. The lowest BCUT2D eigenvalue weighted by molar-refractivity contribution is -0.385. The third kappa shape index (κ3) is 3.93. The van der Waals surface area contributed by atoms with Crippen molar-refractivity contribution in [2.75, 3.05) is 19.6 Å². The number of likely N-dealkylation sites (tertiary alicyclic amines) is 1. The van der Waals surface area contributed by atoms with Gasteiger partial charge in [-0.3, -0.25) is 19.5 Å². The first-order valence-corrected chi connectivity index (χ1v) is 7.68. The van der Waals surface area contributed by atoms with Gasteiger partial charge in [-0.15, -0.1) is 0 Å². The molecule has 3 heterocycles. The number of rotatable bonds is 6. The van der Waals surface area contributed by atoms with Crippen LogP contribution in [0.3, 0.4) is 0 Å². The molecule has 1 N–H and O–H groups in total. The molecule has 2 aromatic heterocycles. The van der Waals surface area contributed by atoms with Gasteiger partial charge in [0, 0.05) is 32.0 Å². The van der Waals surface area contributed by atoms with Gasteiger partial charge in [0.05, 0.1) is 23.6 Å². The summed E-state index contributed by atoms with van der Waals surface area (Å²) in [6.07, 6.45) is 7.72. The predicted molar refractivity (Wildman–Crippen MR) is 81.8 cm³/mol. The van der Waals surface area contributed by atoms with Crippen molar-refractivity contribution in [3.05, 3.63) is 41.0 Å². The quantitative estimate of drug-likeness (QED) is 0.620. The Morgan fingerprint density at radius 2 is 2.13 bits per heavy atom. The van der Waals surface area contributed by atoms with Crippen LogP contribution in [-0.4, -0.2) is 60.2 Å². The monoisotopic (exact) mass is 320 g/mol. The number of hydrogen-bond acceptors (Lipinski definition) is 6. The van der Waals surface area contributed by atoms with E-state index in [1.165, 1.54) is 17.1 Å². The first-order valence-electron chi connectivity index (χ1n) is 7.68. The van der Waals surface area contributed by atoms with Gasteiger partial charge in [0.2, 0.25) is 0 Å². The lowest BCUT2D eigenvalue weighted by Gasteiger charge is -2.33. The Hall–Kier alpha value is -2.26. The number of aliphatic hydroxyl groups is 1. The van der Waals surface area contributed by atoms with Gasteiger partial charge in [-0.1, -0.05) is 0 Å². The fourth-order valence-electron chi connectivity index (χ4n) is 2.98. The SMILES string of the molecule is O=[N+]([O-])c1cnn(CC(O)CN2CCC(n3cccn3)CC2)c1. The average molecular weight is 320 g/mol. The first kappa shape index (κ1) is 15.6. The summed E-state index contributed by atoms with van der Waals surface area (Å²) in [4.78, 5) is 12.3. The maximum Gasteiger partial charge on any atom is 0.306 e. The zero-order valence-corrected chi connectivity index (χ0v) is 12.7. The molecule has 0 bridgehead atoms. The second kappa shape index (κ2) is 6.88. The highest BCUT2D eigenvalue weighted by Gasteiger charge is 2.22. The topological polar surface area (TPSA) is 102 Å². The zero-order chi connectivity index (χ0) is 16.2. The Labute approximate surface area is 133 Å². The molecule has 3 rings (SSSR count). The van der Waals surface area contributed by atoms with E-state index in [9.17, 15) is 15.2 Å². The van der Waals surface area contributed by atoms with Gasteiger partial charge in [0.15, 0.2) is 0 Å². The fourth-order valence-corrected chi connectivity index (χ4v) is 2.98. The summed E-state index contributed by atoms with van der Waals surface area (Å²) < 4.78 is 3.41. The summed E-state index contributed by atoms with van der Waals surface area (Å²) >= 11 is 0. The van der Waals surface area contributed by atoms with Gasteiger partial charge in [-0.25, -0.2) is 0 Å². The molecule has 1 aliphatic heterocycles. The Morgan fingerprint density at radius 3 is 2.74 bits per heavy atom. The van der Waals surface area contributed by atoms with Gasteiger partial charge in [-0.2, -0.15) is 10.2 Å². The molecule has 2 aromatic rings. The van der Waals surface area contributed by atoms with Crippen LogP contribution >= 0.6 is 0 Å². The molecular weight excluding hydrogens is 300 g/mol. The van der Waals surface area contributed by atoms with E-state index in [0.29, 0.717) is 12.6 Å². The maximum absolute atomic E-state index is 10.6. The zero-order valence-electron chi connectivity index (χ0n) is 12.7. The smallest absolute Gasteiger partial charge is 0.306 e. The van der Waals surface area contributed by atoms with Crippen LogP contribution in [0.15, 0.2) is 30.9 Å². The molecule has 1 fully saturated rings. The van der Waals surface area contributed by atoms with Crippen molar-refractivity contribution in [1.82, 2.24) is 24.5 Å². The van der Waals surface area contributed by atoms with Crippen molar-refractivity contribution in [2.45, 2.75) is 31.5 Å². The van der Waals surface area contributed by atoms with E-state index in [1.54, 1.807) is 6.20 Å². The van der Waals surface area contributed by atoms with Crippen LogP contribution in [0.2, 0.25) is 0 Å². The highest BCUT2D eigenvalue weighted by Crippen LogP contribution is 2.21. The largest absolute Gasteiger partial charge is 0.390 e. The fraction of sp³-hybridized carbons (Fsp3) is 0.571. The van der Waals surface area contributed by atoms with Gasteiger partial charge in [0.25, 0.3) is 0 Å². The first-order chi connectivity index (χ1) is 11.1. The number of aliphatic hydroxyl groups excluding tert-OH is 1. The molecule has 9 nitrogen and oxygen atoms in total. The number of nitrogens with zero attached hydrogens (tertiary/aromatic N) is 6. The van der Waals surface area contributed by atoms with E-state index < -0.39 is 11.0 Å². The van der Waals surface area contributed by atoms with Crippen molar-refractivity contribution in [2.24, 2.45) is 0 Å². The van der Waals surface area contributed by atoms with Crippen LogP contribution in [0.1, 0.15) is 18.9 Å². The molecule has 0 spiro atoms. The number of nitro groups is 1. The van der Waals surface area contributed by atoms with E-state index in [1.807, 2.05) is 16.9 Å². The molecular formula is C14H20N6O3. The van der Waals surface area contributed by atoms with E-state index >= 15 is 0 Å². The lowest BCUT2D eigenvalue weighted by atomic mass is 10.0. The van der Waals surface area contributed by atoms with E-state index in [4.69, 9.17) is 0 Å². The number of β-amino-alcohol motifs (C(OH)–C–C–N with tert-alkyl or cyclic N) is 1. The van der Waals surface area contributed by atoms with E-state index in [-0.39, 0.29) is 12.2 Å². The third-order valence-electron chi connectivity index (χ3n) is 4.15. The molecule has 1 saturated heterocycles. The van der Waals surface area contributed by atoms with Crippen molar-refractivity contribution < 1.29 is 10.0 Å². The van der Waals surface area contributed by atoms with Crippen molar-refractivity contribution in [3.63, 3.8) is 0 Å². The Balaban J connectivity index is 1.45. The second-order valence-electron chi connectivity index (χ2n) is 5.85. The average Bonchev–Trinajstić information content (AvgIpc) is 3.19. The second-order valence-corrected chi connectivity index (χ2v) is 5.85. The van der Waals surface area contributed by atoms with E-state index in [0.717, 1.165) is 25.9 Å². The predicted octanol–water partition coefficient (Wildman–Crippen LogP) is 0.686. The minimum absolute atomic E-state index is 0.0581. The third-order valence-corrected chi connectivity index (χ3v) is 4.15. The van der Waals surface area contributed by atoms with Gasteiger partial charge >= 0.3 is 5.69 Å². The van der Waals surface area contributed by atoms with Crippen molar-refractivity contribution in [1.29, 1.82) is 0 Å². The van der Waals surface area contributed by atoms with Gasteiger partial charge in [-0.05, 0) is 18.9 Å². The summed E-state index contributed by atoms with van der Waals surface area (Å²) in [5.41, 5.74) is -0.0581. The standard InChI is InChI=1S/C14H20N6O3/c21-14(11-18-9-13(8-16-18)20(22)23)10-17-6-2-12(3-7-17)19-5-1-4-15-19/h1,4-5,8-9,12,14,21H,2-3,6-7,10-11H2. The summed E-state index contributed by atoms with van der Waals surface area (Å²) in [5.74, 6) is 0. The maximum atomic E-state index is 10.6. The molecule has 0 aliphatic carbocycles. The van der Waals surface area contributed by atoms with Crippen LogP contribution in [0, 0.1) is 10.1 Å². The molecule has 124 valence electrons. The molecule has 9 heteroatoms. The summed E-state index contributed by atoms with van der Waals surface area (Å²) in [6, 6.07) is 2.35. The molecule has 0 saturated carbocycles. The molecule has 1 aliphatic rings. The van der Waals surface area contributed by atoms with Gasteiger partial charge in [0.1, 0.15) is 12.4 Å². The summed E-state index contributed by atoms with van der Waals surface area (Å²) in [7, 11) is 0. The van der Waals surface area contributed by atoms with Crippen LogP contribution < -0.4 is 0 Å². The molecule has 1 unspecified atom stereocenters. The Morgan fingerprint density at radius 1 is 1.35 bits per heavy atom. The van der Waals surface area contributed by atoms with Crippen molar-refractivity contribution >= 4 is 5.69 Å². The molecule has 1 atom stereocenters. The van der Waals surface area contributed by atoms with Crippen LogP contribution in [0.5, 0.6) is 0 Å². The van der Waals surface area contributed by atoms with Gasteiger partial charge < -0.3 is 10.0 Å². The van der Waals surface area contributed by atoms with Crippen molar-refractivity contribution in [3.8, 4) is 0 Å². The minimum atomic E-state index is -0.601. The highest BCUT2D eigenvalue weighted by molar-refractivity contribution is 5.20. The summed E-state index contributed by atoms with van der Waals surface area (Å²) in [6.45, 7) is 2.61. The number of aromatic nitrogens is 4. The Kier molecular flexibility index (Phi) is 4.68. The minimum Gasteiger partial charge on any atom is -0.390 e. The van der Waals surface area contributed by atoms with Crippen LogP contribution in [0.4, 0.5) is 5.69 Å². The summed E-state index contributed by atoms with van der Waals surface area (Å²) in [5, 5.41) is 29.0. The normalized spacial score (nSPS) is 18.1. The lowest BCUT2D eigenvalue weighted by Crippen LogP contribution is -2.40. The number of hydrogen-bond donors (Lipinski definition) is 1. The number of piperidine rings is 1. The molecule has 0 aromatic carbocycles. The highest BCUT2D eigenvalue weighted by atomic mass is 16.6.